The molecule has 0 unspecified atom stereocenters. The number of aromatic nitrogens is 2. The van der Waals surface area contributed by atoms with Gasteiger partial charge in [-0.05, 0) is 17.7 Å². The molecule has 1 aromatic heterocycles. The number of benzene rings is 1. The number of rotatable bonds is 4. The van der Waals surface area contributed by atoms with Crippen LogP contribution >= 0.6 is 0 Å². The minimum atomic E-state index is -0.743. The maximum atomic E-state index is 12.4. The minimum Gasteiger partial charge on any atom is -0.267 e. The summed E-state index contributed by atoms with van der Waals surface area (Å²) < 4.78 is 0. The molecular formula is C15H18N8O2. The molecule has 0 spiro atoms. The Kier molecular flexibility index (Phi) is 5.39. The molecule has 0 atom stereocenters. The number of urea groups is 1. The van der Waals surface area contributed by atoms with Crippen LogP contribution in [0.5, 0.6) is 0 Å². The highest BCUT2D eigenvalue weighted by Gasteiger charge is 2.20. The van der Waals surface area contributed by atoms with Gasteiger partial charge < -0.3 is 0 Å². The number of anilines is 2. The quantitative estimate of drug-likeness (QED) is 0.409. The second-order valence-electron chi connectivity index (χ2n) is 4.98. The largest absolute Gasteiger partial charge is 0.355 e. The fourth-order valence-electron chi connectivity index (χ4n) is 1.85. The summed E-state index contributed by atoms with van der Waals surface area (Å²) in [6, 6.07) is 7.36. The van der Waals surface area contributed by atoms with Crippen molar-refractivity contribution < 1.29 is 9.59 Å². The number of hydrazine groups is 3. The summed E-state index contributed by atoms with van der Waals surface area (Å²) in [4.78, 5) is 32.1. The second kappa shape index (κ2) is 7.49. The van der Waals surface area contributed by atoms with Crippen molar-refractivity contribution in [1.29, 1.82) is 0 Å². The van der Waals surface area contributed by atoms with Crippen LogP contribution in [0.15, 0.2) is 43.1 Å². The first-order valence-electron chi connectivity index (χ1n) is 7.07. The molecule has 3 amide bonds. The van der Waals surface area contributed by atoms with Gasteiger partial charge in [-0.25, -0.2) is 32.3 Å². The van der Waals surface area contributed by atoms with E-state index in [0.29, 0.717) is 10.6 Å². The zero-order valence-electron chi connectivity index (χ0n) is 13.5. The summed E-state index contributed by atoms with van der Waals surface area (Å²) in [5, 5.41) is 2.24. The Morgan fingerprint density at radius 2 is 1.72 bits per heavy atom. The molecule has 1 aromatic carbocycles. The fourth-order valence-corrected chi connectivity index (χ4v) is 1.85. The van der Waals surface area contributed by atoms with Crippen LogP contribution in [0.2, 0.25) is 0 Å². The number of hydrogen-bond acceptors (Lipinski definition) is 7. The predicted molar refractivity (Wildman–Crippen MR) is 93.6 cm³/mol. The highest BCUT2D eigenvalue weighted by atomic mass is 16.2. The first kappa shape index (κ1) is 18.0. The van der Waals surface area contributed by atoms with Crippen LogP contribution in [0.4, 0.5) is 16.6 Å². The number of amides is 3. The molecule has 10 nitrogen and oxygen atoms in total. The summed E-state index contributed by atoms with van der Waals surface area (Å²) in [6.07, 6.45) is 2.97. The smallest absolute Gasteiger partial charge is 0.267 e. The van der Waals surface area contributed by atoms with Crippen LogP contribution < -0.4 is 27.5 Å². The summed E-state index contributed by atoms with van der Waals surface area (Å²) in [7, 11) is 1.32. The molecule has 0 saturated carbocycles. The summed E-state index contributed by atoms with van der Waals surface area (Å²) >= 11 is 0. The molecule has 10 heteroatoms. The lowest BCUT2D eigenvalue weighted by Gasteiger charge is -2.20. The van der Waals surface area contributed by atoms with Crippen LogP contribution in [0.25, 0.3) is 6.08 Å². The van der Waals surface area contributed by atoms with Crippen molar-refractivity contribution in [2.75, 3.05) is 17.1 Å². The Morgan fingerprint density at radius 1 is 1.08 bits per heavy atom. The molecule has 0 aliphatic heterocycles. The summed E-state index contributed by atoms with van der Waals surface area (Å²) in [6.45, 7) is 3.65. The van der Waals surface area contributed by atoms with Crippen LogP contribution in [-0.4, -0.2) is 34.0 Å². The molecular weight excluding hydrogens is 324 g/mol. The van der Waals surface area contributed by atoms with Crippen molar-refractivity contribution >= 4 is 29.8 Å². The van der Waals surface area contributed by atoms with E-state index in [1.54, 1.807) is 30.3 Å². The monoisotopic (exact) mass is 342 g/mol. The van der Waals surface area contributed by atoms with Gasteiger partial charge in [0, 0.05) is 24.9 Å². The van der Waals surface area contributed by atoms with Gasteiger partial charge in [0.15, 0.2) is 5.82 Å². The highest BCUT2D eigenvalue weighted by Crippen LogP contribution is 2.15. The summed E-state index contributed by atoms with van der Waals surface area (Å²) in [5.74, 6) is 16.2. The normalized spacial score (nSPS) is 10.1. The Labute approximate surface area is 144 Å². The van der Waals surface area contributed by atoms with E-state index in [-0.39, 0.29) is 11.8 Å². The Bertz CT molecular complexity index is 790. The van der Waals surface area contributed by atoms with Crippen LogP contribution in [0.1, 0.15) is 15.9 Å². The molecule has 25 heavy (non-hydrogen) atoms. The SMILES string of the molecule is C=Cc1ccc(C(=O)N(N)c2ccnc(N(N)C(=O)N(C)N)n2)cc1. The third kappa shape index (κ3) is 3.95. The molecule has 0 saturated heterocycles. The second-order valence-corrected chi connectivity index (χ2v) is 4.98. The van der Waals surface area contributed by atoms with E-state index in [1.807, 2.05) is 0 Å². The van der Waals surface area contributed by atoms with E-state index in [1.165, 1.54) is 19.3 Å². The van der Waals surface area contributed by atoms with Crippen molar-refractivity contribution in [2.24, 2.45) is 17.5 Å². The Hall–Kier alpha value is -3.34. The van der Waals surface area contributed by atoms with Crippen molar-refractivity contribution in [2.45, 2.75) is 0 Å². The molecule has 1 heterocycles. The maximum Gasteiger partial charge on any atom is 0.355 e. The lowest BCUT2D eigenvalue weighted by molar-refractivity contribution is 0.0986. The minimum absolute atomic E-state index is 0.0609. The topological polar surface area (TPSA) is 148 Å². The van der Waals surface area contributed by atoms with Gasteiger partial charge in [0.2, 0.25) is 0 Å². The molecule has 130 valence electrons. The lowest BCUT2D eigenvalue weighted by Crippen LogP contribution is -2.49. The van der Waals surface area contributed by atoms with Gasteiger partial charge in [0.25, 0.3) is 11.9 Å². The number of carbonyl (C=O) groups excluding carboxylic acids is 2. The van der Waals surface area contributed by atoms with E-state index >= 15 is 0 Å². The number of carbonyl (C=O) groups is 2. The molecule has 2 rings (SSSR count). The van der Waals surface area contributed by atoms with E-state index in [9.17, 15) is 9.59 Å². The molecule has 0 aliphatic carbocycles. The molecule has 2 aromatic rings. The number of nitrogens with two attached hydrogens (primary N) is 3. The average molecular weight is 342 g/mol. The highest BCUT2D eigenvalue weighted by molar-refractivity contribution is 6.04. The van der Waals surface area contributed by atoms with Crippen molar-refractivity contribution in [1.82, 2.24) is 15.0 Å². The van der Waals surface area contributed by atoms with Crippen molar-refractivity contribution in [3.63, 3.8) is 0 Å². The fraction of sp³-hybridized carbons (Fsp3) is 0.0667. The van der Waals surface area contributed by atoms with Crippen LogP contribution in [-0.2, 0) is 0 Å². The van der Waals surface area contributed by atoms with Gasteiger partial charge in [-0.1, -0.05) is 24.8 Å². The predicted octanol–water partition coefficient (Wildman–Crippen LogP) is 0.246. The third-order valence-electron chi connectivity index (χ3n) is 3.21. The Balaban J connectivity index is 2.25. The van der Waals surface area contributed by atoms with Gasteiger partial charge in [-0.3, -0.25) is 9.80 Å². The van der Waals surface area contributed by atoms with E-state index in [2.05, 4.69) is 16.5 Å². The Morgan fingerprint density at radius 3 is 2.28 bits per heavy atom. The number of nitrogens with zero attached hydrogens (tertiary/aromatic N) is 5. The van der Waals surface area contributed by atoms with Crippen molar-refractivity contribution in [3.8, 4) is 0 Å². The van der Waals surface area contributed by atoms with Crippen molar-refractivity contribution in [3.05, 3.63) is 54.2 Å². The zero-order chi connectivity index (χ0) is 18.6. The van der Waals surface area contributed by atoms with Crippen LogP contribution in [0, 0.1) is 0 Å². The van der Waals surface area contributed by atoms with E-state index in [0.717, 1.165) is 15.6 Å². The number of hydrogen-bond donors (Lipinski definition) is 3. The zero-order valence-corrected chi connectivity index (χ0v) is 13.5. The van der Waals surface area contributed by atoms with Gasteiger partial charge in [-0.15, -0.1) is 0 Å². The maximum absolute atomic E-state index is 12.4. The van der Waals surface area contributed by atoms with E-state index in [4.69, 9.17) is 17.5 Å². The standard InChI is InChI=1S/C15H18N8O2/c1-3-10-4-6-11(7-5-10)13(24)22(17)12-8-9-19-14(20-12)23(18)15(25)21(2)16/h3-9H,1,16-18H2,2H3. The third-order valence-corrected chi connectivity index (χ3v) is 3.21. The molecule has 0 aliphatic rings. The molecule has 0 bridgehead atoms. The van der Waals surface area contributed by atoms with E-state index < -0.39 is 11.9 Å². The first-order valence-corrected chi connectivity index (χ1v) is 7.07. The molecule has 6 N–H and O–H groups in total. The lowest BCUT2D eigenvalue weighted by atomic mass is 10.1. The van der Waals surface area contributed by atoms with Gasteiger partial charge in [-0.2, -0.15) is 9.99 Å². The van der Waals surface area contributed by atoms with Gasteiger partial charge in [0.05, 0.1) is 0 Å². The molecule has 0 fully saturated rings. The van der Waals surface area contributed by atoms with Gasteiger partial charge >= 0.3 is 6.03 Å². The van der Waals surface area contributed by atoms with Gasteiger partial charge in [0.1, 0.15) is 0 Å². The average Bonchev–Trinajstić information content (AvgIpc) is 2.65. The molecule has 0 radical (unpaired) electrons. The first-order chi connectivity index (χ1) is 11.8. The summed E-state index contributed by atoms with van der Waals surface area (Å²) in [5.41, 5.74) is 1.23. The van der Waals surface area contributed by atoms with Crippen LogP contribution in [0.3, 0.4) is 0 Å².